The second-order valence-corrected chi connectivity index (χ2v) is 31.8. The van der Waals surface area contributed by atoms with Crippen molar-refractivity contribution in [3.8, 4) is 0 Å². The summed E-state index contributed by atoms with van der Waals surface area (Å²) >= 11 is 0. The Bertz CT molecular complexity index is 4010. The number of rotatable bonds is 25. The Morgan fingerprint density at radius 3 is 1.20 bits per heavy atom. The number of ether oxygens (including phenoxy) is 1. The minimum Gasteiger partial charge on any atom is -0.478 e. The lowest BCUT2D eigenvalue weighted by atomic mass is 9.70. The summed E-state index contributed by atoms with van der Waals surface area (Å²) < 4.78 is 23.2. The molecule has 0 radical (unpaired) electrons. The SMILES string of the molecule is C=S(C)(=O)N[C@]1(C)CCCC(C)=C1/C=C/C(C)=C/C=C/C(C)=C/C(=O)O.CC1=C(/C=C/C(C)=C/C=C/C(C)=C/C(=O)O)[C@](C)(C(=O)N(C)C)CCC1.CC1=C(/C=C/C(C)=C/C=C/C(C)=C/C(=O)O)[C@](C)(N2CCOCC2)CCC1.CC1=C(/C=C/C(C)=C/C=C/C(C)=C/C(=O)O)[C@](C)(n2ccnc2)CCC1. The van der Waals surface area contributed by atoms with Gasteiger partial charge in [0.1, 0.15) is 0 Å². The first kappa shape index (κ1) is 90.5. The van der Waals surface area contributed by atoms with E-state index in [0.29, 0.717) is 16.7 Å². The van der Waals surface area contributed by atoms with E-state index in [9.17, 15) is 28.2 Å². The molecule has 1 fully saturated rings. The maximum absolute atomic E-state index is 12.7. The zero-order valence-electron chi connectivity index (χ0n) is 66.5. The molecule has 2 heterocycles. The van der Waals surface area contributed by atoms with Gasteiger partial charge in [0.25, 0.3) is 0 Å². The third-order valence-corrected chi connectivity index (χ3v) is 20.4. The molecule has 1 saturated heterocycles. The van der Waals surface area contributed by atoms with Crippen molar-refractivity contribution >= 4 is 45.4 Å². The number of hydrogen-bond acceptors (Lipinski definition) is 9. The van der Waals surface area contributed by atoms with Gasteiger partial charge in [-0.15, -0.1) is 0 Å². The summed E-state index contributed by atoms with van der Waals surface area (Å²) in [6, 6.07) is 0. The molecule has 0 bridgehead atoms. The van der Waals surface area contributed by atoms with Gasteiger partial charge in [0.2, 0.25) is 5.91 Å². The lowest BCUT2D eigenvalue weighted by Crippen LogP contribution is -2.53. The molecule has 0 saturated carbocycles. The molecule has 1 unspecified atom stereocenters. The molecule has 0 aromatic carbocycles. The average Bonchev–Trinajstić information content (AvgIpc) is 1.63. The van der Waals surface area contributed by atoms with Crippen LogP contribution in [0.15, 0.2) is 254 Å². The van der Waals surface area contributed by atoms with E-state index in [4.69, 9.17) is 25.2 Å². The molecule has 5 aliphatic rings. The van der Waals surface area contributed by atoms with Crippen molar-refractivity contribution in [1.29, 1.82) is 0 Å². The van der Waals surface area contributed by atoms with E-state index in [1.165, 1.54) is 89.0 Å². The topological polar surface area (TPSA) is 229 Å². The molecule has 572 valence electrons. The molecular weight excluding hydrogens is 1340 g/mol. The van der Waals surface area contributed by atoms with Gasteiger partial charge in [0.15, 0.2) is 0 Å². The van der Waals surface area contributed by atoms with Crippen LogP contribution in [0.25, 0.3) is 0 Å². The number of allylic oxidation sites excluding steroid dienone is 31. The highest BCUT2D eigenvalue weighted by Gasteiger charge is 2.41. The maximum Gasteiger partial charge on any atom is 0.328 e. The number of morpholine rings is 1. The summed E-state index contributed by atoms with van der Waals surface area (Å²) in [4.78, 5) is 63.7. The van der Waals surface area contributed by atoms with Gasteiger partial charge in [-0.05, 0) is 238 Å². The number of carbonyl (C=O) groups is 5. The summed E-state index contributed by atoms with van der Waals surface area (Å²) in [6.07, 6.45) is 64.6. The number of nitrogens with zero attached hydrogens (tertiary/aromatic N) is 4. The molecular formula is C88H123N5O11S. The van der Waals surface area contributed by atoms with Crippen LogP contribution in [0.3, 0.4) is 0 Å². The summed E-state index contributed by atoms with van der Waals surface area (Å²) in [5.41, 5.74) is 16.9. The Balaban J connectivity index is 0.000000364. The molecule has 1 aromatic heterocycles. The number of carbonyl (C=O) groups excluding carboxylic acids is 1. The van der Waals surface area contributed by atoms with Gasteiger partial charge in [0.05, 0.1) is 36.0 Å². The fourth-order valence-corrected chi connectivity index (χ4v) is 15.2. The van der Waals surface area contributed by atoms with E-state index in [1.54, 1.807) is 57.1 Å². The fraction of sp³-hybridized carbons (Fsp3) is 0.443. The minimum atomic E-state index is -2.31. The minimum absolute atomic E-state index is 0.0632. The van der Waals surface area contributed by atoms with E-state index in [1.807, 2.05) is 127 Å². The number of carboxylic acids is 4. The molecule has 1 aliphatic heterocycles. The van der Waals surface area contributed by atoms with Gasteiger partial charge < -0.3 is 34.6 Å². The molecule has 6 rings (SSSR count). The second-order valence-electron chi connectivity index (χ2n) is 29.6. The average molecular weight is 1460 g/mol. The zero-order valence-corrected chi connectivity index (χ0v) is 67.3. The Labute approximate surface area is 629 Å². The van der Waals surface area contributed by atoms with Gasteiger partial charge in [0, 0.05) is 85.4 Å². The lowest BCUT2D eigenvalue weighted by molar-refractivity contribution is -0.137. The quantitative estimate of drug-likeness (QED) is 0.0349. The highest BCUT2D eigenvalue weighted by molar-refractivity contribution is 7.97. The molecule has 17 heteroatoms. The maximum atomic E-state index is 12.7. The molecule has 1 amide bonds. The Hall–Kier alpha value is -8.74. The van der Waals surface area contributed by atoms with E-state index < -0.39 is 39.0 Å². The molecule has 5 N–H and O–H groups in total. The Kier molecular flexibility index (Phi) is 37.6. The third kappa shape index (κ3) is 31.5. The summed E-state index contributed by atoms with van der Waals surface area (Å²) in [6.45, 7) is 36.3. The van der Waals surface area contributed by atoms with Gasteiger partial charge in [-0.3, -0.25) is 13.9 Å². The second kappa shape index (κ2) is 43.6. The standard InChI is InChI=1S/C23H33NO3.C22H28N2O2.C22H31NO3.C21H31NO3S/c1-18(7-5-8-19(2)17-22(25)26)10-11-21-20(3)9-6-12-23(21,4)24-13-15-27-16-14-24;1-17(7-5-8-18(2)15-21(25)26)10-11-20-19(3)9-6-12-22(20,4)24-14-13-23-16-24;1-16(9-7-10-17(2)15-20(24)25)12-13-19-18(3)11-8-14-22(19,4)21(26)23(5)6;1-16(9-7-10-17(2)15-20(23)24)12-13-19-18(3)11-8-14-21(19,4)22-26(5,6)25/h5,7-8,10-11,17H,6,9,12-16H2,1-4H3,(H,25,26);5,7-8,10-11,13-16H,6,9,12H2,1-4H3,(H,25,26);7,9-10,12-13,15H,8,11,14H2,1-6H3,(H,24,25);7,9-10,12-13,15H,5,8,11,14H2,1-4,6H3,(H,22,25)(H,23,24)/b8-5+,11-10+,18-7+,19-17+;8-5+,11-10+,17-7+,18-15+;2*10-7+,13-12+,16-9+,17-15+/t23-;2*22-;21-,26?/m1111/s1. The van der Waals surface area contributed by atoms with Gasteiger partial charge in [-0.2, -0.15) is 0 Å². The van der Waals surface area contributed by atoms with Crippen LogP contribution in [0.2, 0.25) is 0 Å². The van der Waals surface area contributed by atoms with Crippen molar-refractivity contribution in [2.24, 2.45) is 5.41 Å². The van der Waals surface area contributed by atoms with E-state index in [2.05, 4.69) is 117 Å². The van der Waals surface area contributed by atoms with Crippen molar-refractivity contribution in [3.05, 3.63) is 254 Å². The Morgan fingerprint density at radius 1 is 0.505 bits per heavy atom. The number of hydrogen-bond donors (Lipinski definition) is 5. The summed E-state index contributed by atoms with van der Waals surface area (Å²) in [5.74, 6) is 0.154. The fourth-order valence-electron chi connectivity index (χ4n) is 14.0. The van der Waals surface area contributed by atoms with Gasteiger partial charge >= 0.3 is 23.9 Å². The zero-order chi connectivity index (χ0) is 78.9. The Morgan fingerprint density at radius 2 is 0.838 bits per heavy atom. The first-order valence-corrected chi connectivity index (χ1v) is 38.5. The first-order chi connectivity index (χ1) is 49.2. The normalized spacial score (nSPS) is 24.1. The molecule has 4 aliphatic carbocycles. The smallest absolute Gasteiger partial charge is 0.328 e. The highest BCUT2D eigenvalue weighted by atomic mass is 32.2. The van der Waals surface area contributed by atoms with Crippen LogP contribution < -0.4 is 4.72 Å². The number of amides is 1. The van der Waals surface area contributed by atoms with E-state index in [-0.39, 0.29) is 22.5 Å². The van der Waals surface area contributed by atoms with Crippen LogP contribution in [0.1, 0.15) is 188 Å². The predicted octanol–water partition coefficient (Wildman–Crippen LogP) is 18.7. The molecule has 5 atom stereocenters. The largest absolute Gasteiger partial charge is 0.478 e. The monoisotopic (exact) mass is 1460 g/mol. The van der Waals surface area contributed by atoms with Gasteiger partial charge in [-0.1, -0.05) is 166 Å². The van der Waals surface area contributed by atoms with Crippen LogP contribution in [-0.4, -0.2) is 137 Å². The van der Waals surface area contributed by atoms with Crippen molar-refractivity contribution < 1.29 is 53.3 Å². The lowest BCUT2D eigenvalue weighted by Gasteiger charge is -2.47. The van der Waals surface area contributed by atoms with Gasteiger partial charge in [-0.25, -0.2) is 28.9 Å². The number of nitrogens with one attached hydrogen (secondary N) is 1. The van der Waals surface area contributed by atoms with Crippen molar-refractivity contribution in [2.75, 3.05) is 46.7 Å². The van der Waals surface area contributed by atoms with E-state index >= 15 is 0 Å². The number of imidazole rings is 1. The molecule has 105 heavy (non-hydrogen) atoms. The van der Waals surface area contributed by atoms with Crippen LogP contribution in [0, 0.1) is 5.41 Å². The molecule has 0 spiro atoms. The number of aromatic nitrogens is 2. The van der Waals surface area contributed by atoms with Crippen molar-refractivity contribution in [2.45, 2.75) is 204 Å². The van der Waals surface area contributed by atoms with Crippen molar-refractivity contribution in [1.82, 2.24) is 24.1 Å². The van der Waals surface area contributed by atoms with Crippen molar-refractivity contribution in [3.63, 3.8) is 0 Å². The number of carboxylic acid groups (broad SMARTS) is 4. The van der Waals surface area contributed by atoms with Crippen LogP contribution >= 0.6 is 0 Å². The van der Waals surface area contributed by atoms with Crippen LogP contribution in [-0.2, 0) is 44.0 Å². The predicted molar refractivity (Wildman–Crippen MR) is 436 cm³/mol. The summed E-state index contributed by atoms with van der Waals surface area (Å²) in [5, 5.41) is 34.9. The van der Waals surface area contributed by atoms with Crippen LogP contribution in [0.4, 0.5) is 0 Å². The van der Waals surface area contributed by atoms with E-state index in [0.717, 1.165) is 111 Å². The molecule has 16 nitrogen and oxygen atoms in total. The first-order valence-electron chi connectivity index (χ1n) is 36.4. The highest BCUT2D eigenvalue weighted by Crippen LogP contribution is 2.44. The van der Waals surface area contributed by atoms with Crippen LogP contribution in [0.5, 0.6) is 0 Å². The summed E-state index contributed by atoms with van der Waals surface area (Å²) in [7, 11) is 1.31. The number of aliphatic carboxylic acids is 4. The molecule has 1 aromatic rings. The third-order valence-electron chi connectivity index (χ3n) is 19.5.